The van der Waals surface area contributed by atoms with Crippen LogP contribution in [0.15, 0.2) is 28.7 Å². The molecule has 302 valence electrons. The van der Waals surface area contributed by atoms with Gasteiger partial charge in [0.25, 0.3) is 0 Å². The molecule has 0 aliphatic heterocycles. The SMILES string of the molecule is CCCCCCCCCCCCCCCCCCOc1cc2c(cc1O)oc1cc(O)c(OCCCCCCCCCCCCCCCCCC)cc12. The molecule has 0 aliphatic rings. The first-order valence-electron chi connectivity index (χ1n) is 22.8. The third-order valence-corrected chi connectivity index (χ3v) is 11.1. The predicted octanol–water partition coefficient (Wildman–Crippen LogP) is 16.3. The van der Waals surface area contributed by atoms with Gasteiger partial charge < -0.3 is 24.1 Å². The maximum Gasteiger partial charge on any atom is 0.161 e. The molecule has 0 atom stereocenters. The van der Waals surface area contributed by atoms with Gasteiger partial charge in [-0.15, -0.1) is 0 Å². The van der Waals surface area contributed by atoms with Crippen LogP contribution < -0.4 is 9.47 Å². The Kier molecular flexibility index (Phi) is 25.2. The van der Waals surface area contributed by atoms with E-state index < -0.39 is 0 Å². The number of hydrogen-bond donors (Lipinski definition) is 2. The van der Waals surface area contributed by atoms with Crippen molar-refractivity contribution >= 4 is 21.9 Å². The standard InChI is InChI=1S/C48H80O5/c1-3-5-7-9-11-13-15-17-19-21-23-25-27-29-31-33-35-51-47-37-41-42-38-48(44(50)40-46(42)53-45(41)39-43(47)49)52-36-34-32-30-28-26-24-22-20-18-16-14-12-10-8-6-4-2/h37-40,49-50H,3-36H2,1-2H3. The number of phenols is 2. The molecule has 2 aromatic carbocycles. The molecule has 1 heterocycles. The number of ether oxygens (including phenoxy) is 2. The van der Waals surface area contributed by atoms with Crippen LogP contribution in [-0.2, 0) is 0 Å². The van der Waals surface area contributed by atoms with Gasteiger partial charge in [-0.05, 0) is 25.0 Å². The van der Waals surface area contributed by atoms with Crippen molar-refractivity contribution in [2.75, 3.05) is 13.2 Å². The summed E-state index contributed by atoms with van der Waals surface area (Å²) in [6, 6.07) is 6.96. The van der Waals surface area contributed by atoms with E-state index >= 15 is 0 Å². The smallest absolute Gasteiger partial charge is 0.161 e. The Balaban J connectivity index is 1.24. The lowest BCUT2D eigenvalue weighted by atomic mass is 10.0. The van der Waals surface area contributed by atoms with E-state index in [1.54, 1.807) is 12.1 Å². The fraction of sp³-hybridized carbons (Fsp3) is 0.750. The maximum absolute atomic E-state index is 10.6. The number of phenolic OH excluding ortho intramolecular Hbond substituents is 2. The predicted molar refractivity (Wildman–Crippen MR) is 227 cm³/mol. The average Bonchev–Trinajstić information content (AvgIpc) is 3.49. The van der Waals surface area contributed by atoms with Crippen LogP contribution in [0.4, 0.5) is 0 Å². The molecule has 0 fully saturated rings. The first kappa shape index (κ1) is 44.8. The summed E-state index contributed by atoms with van der Waals surface area (Å²) < 4.78 is 18.0. The minimum absolute atomic E-state index is 0.0808. The molecule has 3 aromatic rings. The van der Waals surface area contributed by atoms with Crippen molar-refractivity contribution in [3.8, 4) is 23.0 Å². The lowest BCUT2D eigenvalue weighted by Crippen LogP contribution is -1.98. The summed E-state index contributed by atoms with van der Waals surface area (Å²) in [7, 11) is 0. The molecule has 0 spiro atoms. The van der Waals surface area contributed by atoms with Gasteiger partial charge >= 0.3 is 0 Å². The Morgan fingerprint density at radius 2 is 0.604 bits per heavy atom. The van der Waals surface area contributed by atoms with Crippen LogP contribution in [0.2, 0.25) is 0 Å². The second-order valence-electron chi connectivity index (χ2n) is 16.0. The molecule has 3 rings (SSSR count). The van der Waals surface area contributed by atoms with E-state index in [-0.39, 0.29) is 11.5 Å². The fourth-order valence-electron chi connectivity index (χ4n) is 7.70. The zero-order chi connectivity index (χ0) is 37.6. The van der Waals surface area contributed by atoms with Crippen molar-refractivity contribution in [1.82, 2.24) is 0 Å². The molecule has 0 bridgehead atoms. The van der Waals surface area contributed by atoms with Crippen molar-refractivity contribution in [3.05, 3.63) is 24.3 Å². The van der Waals surface area contributed by atoms with Crippen molar-refractivity contribution < 1.29 is 24.1 Å². The van der Waals surface area contributed by atoms with E-state index in [1.165, 1.54) is 180 Å². The molecule has 0 radical (unpaired) electrons. The zero-order valence-electron chi connectivity index (χ0n) is 34.5. The minimum Gasteiger partial charge on any atom is -0.504 e. The summed E-state index contributed by atoms with van der Waals surface area (Å²) in [6.07, 6.45) is 42.9. The van der Waals surface area contributed by atoms with Crippen molar-refractivity contribution in [1.29, 1.82) is 0 Å². The van der Waals surface area contributed by atoms with Gasteiger partial charge in [-0.3, -0.25) is 0 Å². The Bertz CT molecular complexity index is 1210. The van der Waals surface area contributed by atoms with Crippen LogP contribution in [0.1, 0.15) is 219 Å². The van der Waals surface area contributed by atoms with E-state index in [2.05, 4.69) is 13.8 Å². The molecular formula is C48H80O5. The van der Waals surface area contributed by atoms with E-state index in [4.69, 9.17) is 13.9 Å². The van der Waals surface area contributed by atoms with Crippen molar-refractivity contribution in [2.24, 2.45) is 0 Å². The molecule has 0 unspecified atom stereocenters. The molecule has 2 N–H and O–H groups in total. The highest BCUT2D eigenvalue weighted by molar-refractivity contribution is 6.07. The quantitative estimate of drug-likeness (QED) is 0.0582. The molecule has 5 nitrogen and oxygen atoms in total. The van der Waals surface area contributed by atoms with E-state index in [1.807, 2.05) is 12.1 Å². The third kappa shape index (κ3) is 19.6. The third-order valence-electron chi connectivity index (χ3n) is 11.1. The first-order chi connectivity index (χ1) is 26.1. The normalized spacial score (nSPS) is 11.7. The largest absolute Gasteiger partial charge is 0.504 e. The number of benzene rings is 2. The number of unbranched alkanes of at least 4 members (excludes halogenated alkanes) is 30. The highest BCUT2D eigenvalue weighted by atomic mass is 16.5. The number of hydrogen-bond acceptors (Lipinski definition) is 5. The van der Waals surface area contributed by atoms with Crippen LogP contribution in [-0.4, -0.2) is 23.4 Å². The van der Waals surface area contributed by atoms with Crippen molar-refractivity contribution in [2.45, 2.75) is 219 Å². The average molecular weight is 737 g/mol. The highest BCUT2D eigenvalue weighted by Crippen LogP contribution is 2.41. The number of fused-ring (bicyclic) bond motifs is 3. The number of rotatable bonds is 36. The molecule has 5 heteroatoms. The summed E-state index contributed by atoms with van der Waals surface area (Å²) in [4.78, 5) is 0. The summed E-state index contributed by atoms with van der Waals surface area (Å²) >= 11 is 0. The van der Waals surface area contributed by atoms with Crippen LogP contribution >= 0.6 is 0 Å². The summed E-state index contributed by atoms with van der Waals surface area (Å²) in [5.74, 6) is 1.12. The second kappa shape index (κ2) is 29.8. The fourth-order valence-corrected chi connectivity index (χ4v) is 7.70. The van der Waals surface area contributed by atoms with Gasteiger partial charge in [0, 0.05) is 22.9 Å². The summed E-state index contributed by atoms with van der Waals surface area (Å²) in [6.45, 7) is 5.74. The summed E-state index contributed by atoms with van der Waals surface area (Å²) in [5, 5.41) is 23.0. The topological polar surface area (TPSA) is 72.1 Å². The molecule has 1 aromatic heterocycles. The van der Waals surface area contributed by atoms with Crippen molar-refractivity contribution in [3.63, 3.8) is 0 Å². The van der Waals surface area contributed by atoms with E-state index in [0.29, 0.717) is 35.9 Å². The van der Waals surface area contributed by atoms with Gasteiger partial charge in [0.05, 0.1) is 13.2 Å². The van der Waals surface area contributed by atoms with Crippen LogP contribution in [0.3, 0.4) is 0 Å². The molecular weight excluding hydrogens is 657 g/mol. The molecule has 53 heavy (non-hydrogen) atoms. The second-order valence-corrected chi connectivity index (χ2v) is 16.0. The maximum atomic E-state index is 10.6. The van der Waals surface area contributed by atoms with Crippen LogP contribution in [0, 0.1) is 0 Å². The minimum atomic E-state index is 0.0808. The van der Waals surface area contributed by atoms with E-state index in [0.717, 1.165) is 36.5 Å². The zero-order valence-corrected chi connectivity index (χ0v) is 34.5. The number of furan rings is 1. The lowest BCUT2D eigenvalue weighted by molar-refractivity contribution is 0.289. The summed E-state index contributed by atoms with van der Waals surface area (Å²) in [5.41, 5.74) is 1.14. The molecule has 0 aliphatic carbocycles. The van der Waals surface area contributed by atoms with Gasteiger partial charge in [0.1, 0.15) is 11.2 Å². The van der Waals surface area contributed by atoms with Gasteiger partial charge in [0.15, 0.2) is 23.0 Å². The lowest BCUT2D eigenvalue weighted by Gasteiger charge is -2.09. The molecule has 0 amide bonds. The Labute approximate surface area is 325 Å². The highest BCUT2D eigenvalue weighted by Gasteiger charge is 2.16. The van der Waals surface area contributed by atoms with Crippen LogP contribution in [0.5, 0.6) is 23.0 Å². The van der Waals surface area contributed by atoms with Gasteiger partial charge in [0.2, 0.25) is 0 Å². The Morgan fingerprint density at radius 1 is 0.358 bits per heavy atom. The molecule has 0 saturated heterocycles. The monoisotopic (exact) mass is 737 g/mol. The van der Waals surface area contributed by atoms with Crippen LogP contribution in [0.25, 0.3) is 21.9 Å². The van der Waals surface area contributed by atoms with Gasteiger partial charge in [-0.25, -0.2) is 0 Å². The van der Waals surface area contributed by atoms with Gasteiger partial charge in [-0.1, -0.05) is 206 Å². The van der Waals surface area contributed by atoms with Gasteiger partial charge in [-0.2, -0.15) is 0 Å². The van der Waals surface area contributed by atoms with E-state index in [9.17, 15) is 10.2 Å². The first-order valence-corrected chi connectivity index (χ1v) is 22.8. The molecule has 0 saturated carbocycles. The Hall–Kier alpha value is -2.56. The Morgan fingerprint density at radius 3 is 0.868 bits per heavy atom. The number of aromatic hydroxyl groups is 2.